The molecule has 15 heteroatoms. The van der Waals surface area contributed by atoms with Gasteiger partial charge < -0.3 is 24.4 Å². The van der Waals surface area contributed by atoms with Gasteiger partial charge in [-0.1, -0.05) is 23.2 Å². The predicted molar refractivity (Wildman–Crippen MR) is 165 cm³/mol. The zero-order chi connectivity index (χ0) is 30.3. The third kappa shape index (κ3) is 9.29. The molecule has 2 aliphatic heterocycles. The van der Waals surface area contributed by atoms with Gasteiger partial charge in [-0.05, 0) is 49.7 Å². The van der Waals surface area contributed by atoms with Gasteiger partial charge in [0.05, 0.1) is 24.6 Å². The summed E-state index contributed by atoms with van der Waals surface area (Å²) in [7, 11) is 2.10. The molecule has 4 heterocycles. The second-order valence-electron chi connectivity index (χ2n) is 10.6. The van der Waals surface area contributed by atoms with Crippen LogP contribution in [0.25, 0.3) is 11.3 Å². The zero-order valence-electron chi connectivity index (χ0n) is 23.7. The number of hydrogen-bond acceptors (Lipinski definition) is 10. The standard InChI is InChI=1S/C28H34Cl2N8O4S/c1-36-6-8-38(9-7-36)28-31-15-24(16-32-28)42-27-11-19(10-25(35-27)20-12-21(29)14-22(30)13-20)18-37-4-2-23(3-5-37)34-26(39)17-33-43(40)41/h10-16,23,33H,2-9,17-18H2,1H3,(H,34,39)(H,40,41)/p-1. The number of piperidine rings is 1. The van der Waals surface area contributed by atoms with Crippen molar-refractivity contribution in [3.05, 3.63) is 58.3 Å². The minimum atomic E-state index is -2.47. The molecule has 2 aliphatic rings. The summed E-state index contributed by atoms with van der Waals surface area (Å²) in [5.41, 5.74) is 2.41. The normalized spacial score (nSPS) is 17.5. The molecule has 3 aromatic rings. The number of rotatable bonds is 10. The third-order valence-corrected chi connectivity index (χ3v) is 8.17. The molecule has 0 bridgehead atoms. The number of benzene rings is 1. The van der Waals surface area contributed by atoms with Crippen molar-refractivity contribution in [2.24, 2.45) is 0 Å². The molecule has 0 saturated carbocycles. The first-order valence-corrected chi connectivity index (χ1v) is 15.8. The summed E-state index contributed by atoms with van der Waals surface area (Å²) in [6.07, 6.45) is 4.81. The molecule has 1 amide bonds. The highest BCUT2D eigenvalue weighted by molar-refractivity contribution is 7.77. The largest absolute Gasteiger partial charge is 0.760 e. The molecule has 12 nitrogen and oxygen atoms in total. The van der Waals surface area contributed by atoms with Crippen LogP contribution in [0.4, 0.5) is 5.95 Å². The lowest BCUT2D eigenvalue weighted by atomic mass is 10.0. The fraction of sp³-hybridized carbons (Fsp3) is 0.429. The number of carbonyl (C=O) groups is 1. The summed E-state index contributed by atoms with van der Waals surface area (Å²) in [6.45, 7) is 5.54. The predicted octanol–water partition coefficient (Wildman–Crippen LogP) is 2.85. The summed E-state index contributed by atoms with van der Waals surface area (Å²) in [5.74, 6) is 1.20. The maximum atomic E-state index is 12.0. The Morgan fingerprint density at radius 3 is 2.35 bits per heavy atom. The van der Waals surface area contributed by atoms with E-state index in [1.54, 1.807) is 18.5 Å². The number of likely N-dealkylation sites (N-methyl/N-ethyl adjacent to an activating group) is 1. The number of ether oxygens (including phenoxy) is 1. The SMILES string of the molecule is CN1CCN(c2ncc(Oc3cc(CN4CCC(NC(=O)CNS(=O)[O-])CC4)cc(-c4cc(Cl)cc(Cl)c4)n3)cn2)CC1. The lowest BCUT2D eigenvalue weighted by molar-refractivity contribution is -0.121. The van der Waals surface area contributed by atoms with Gasteiger partial charge in [-0.3, -0.25) is 13.9 Å². The van der Waals surface area contributed by atoms with Gasteiger partial charge >= 0.3 is 0 Å². The van der Waals surface area contributed by atoms with Crippen LogP contribution >= 0.6 is 23.2 Å². The van der Waals surface area contributed by atoms with Crippen LogP contribution in [0.1, 0.15) is 18.4 Å². The first-order valence-electron chi connectivity index (χ1n) is 14.0. The van der Waals surface area contributed by atoms with Gasteiger partial charge in [-0.25, -0.2) is 19.7 Å². The summed E-state index contributed by atoms with van der Waals surface area (Å²) in [4.78, 5) is 32.5. The van der Waals surface area contributed by atoms with Crippen molar-refractivity contribution in [1.29, 1.82) is 0 Å². The molecule has 43 heavy (non-hydrogen) atoms. The number of halogens is 2. The Balaban J connectivity index is 1.28. The van der Waals surface area contributed by atoms with Gasteiger partial charge in [0.25, 0.3) is 0 Å². The average Bonchev–Trinajstić information content (AvgIpc) is 2.97. The number of piperazine rings is 1. The van der Waals surface area contributed by atoms with Crippen LogP contribution in [-0.2, 0) is 22.6 Å². The van der Waals surface area contributed by atoms with E-state index in [-0.39, 0.29) is 18.5 Å². The maximum absolute atomic E-state index is 12.0. The van der Waals surface area contributed by atoms with Crippen LogP contribution in [-0.4, -0.2) is 98.3 Å². The number of nitrogens with one attached hydrogen (secondary N) is 2. The molecule has 230 valence electrons. The Labute approximate surface area is 263 Å². The molecule has 0 aliphatic carbocycles. The van der Waals surface area contributed by atoms with Crippen molar-refractivity contribution < 1.29 is 18.3 Å². The quantitative estimate of drug-likeness (QED) is 0.316. The molecule has 1 atom stereocenters. The Hall–Kier alpha value is -2.91. The van der Waals surface area contributed by atoms with Gasteiger partial charge in [0.15, 0.2) is 5.75 Å². The summed E-state index contributed by atoms with van der Waals surface area (Å²) in [6, 6.07) is 9.16. The monoisotopic (exact) mass is 647 g/mol. The van der Waals surface area contributed by atoms with E-state index in [2.05, 4.69) is 41.8 Å². The van der Waals surface area contributed by atoms with E-state index in [0.29, 0.717) is 39.9 Å². The fourth-order valence-corrected chi connectivity index (χ4v) is 5.88. The second kappa shape index (κ2) is 14.7. The van der Waals surface area contributed by atoms with E-state index < -0.39 is 11.3 Å². The maximum Gasteiger partial charge on any atom is 0.235 e. The molecule has 2 aromatic heterocycles. The van der Waals surface area contributed by atoms with Gasteiger partial charge in [0.1, 0.15) is 0 Å². The van der Waals surface area contributed by atoms with Gasteiger partial charge in [-0.15, -0.1) is 0 Å². The number of hydrogen-bond donors (Lipinski definition) is 2. The highest BCUT2D eigenvalue weighted by Gasteiger charge is 2.22. The number of pyridine rings is 1. The number of amides is 1. The summed E-state index contributed by atoms with van der Waals surface area (Å²) >= 11 is 10.1. The number of carbonyl (C=O) groups excluding carboxylic acids is 1. The van der Waals surface area contributed by atoms with E-state index in [4.69, 9.17) is 32.9 Å². The minimum Gasteiger partial charge on any atom is -0.760 e. The number of nitrogens with zero attached hydrogens (tertiary/aromatic N) is 6. The molecule has 0 radical (unpaired) electrons. The van der Waals surface area contributed by atoms with Crippen molar-refractivity contribution in [3.8, 4) is 22.9 Å². The van der Waals surface area contributed by atoms with Crippen LogP contribution in [0.2, 0.25) is 10.0 Å². The van der Waals surface area contributed by atoms with E-state index in [0.717, 1.165) is 63.2 Å². The number of anilines is 1. The van der Waals surface area contributed by atoms with Gasteiger partial charge in [0, 0.05) is 84.8 Å². The molecule has 2 saturated heterocycles. The van der Waals surface area contributed by atoms with E-state index >= 15 is 0 Å². The number of aromatic nitrogens is 3. The van der Waals surface area contributed by atoms with E-state index in [1.807, 2.05) is 24.3 Å². The minimum absolute atomic E-state index is 0.0139. The van der Waals surface area contributed by atoms with Crippen LogP contribution < -0.4 is 19.7 Å². The molecule has 2 N–H and O–H groups in total. The van der Waals surface area contributed by atoms with Crippen molar-refractivity contribution in [2.45, 2.75) is 25.4 Å². The molecular formula is C28H33Cl2N8O4S-. The van der Waals surface area contributed by atoms with E-state index in [1.165, 1.54) is 0 Å². The molecule has 5 rings (SSSR count). The molecule has 1 aromatic carbocycles. The van der Waals surface area contributed by atoms with Gasteiger partial charge in [0.2, 0.25) is 17.7 Å². The topological polar surface area (TPSA) is 139 Å². The highest BCUT2D eigenvalue weighted by atomic mass is 35.5. The van der Waals surface area contributed by atoms with Crippen LogP contribution in [0.5, 0.6) is 11.6 Å². The Morgan fingerprint density at radius 1 is 1.02 bits per heavy atom. The highest BCUT2D eigenvalue weighted by Crippen LogP contribution is 2.30. The molecule has 2 fully saturated rings. The van der Waals surface area contributed by atoms with Gasteiger partial charge in [-0.2, -0.15) is 0 Å². The van der Waals surface area contributed by atoms with E-state index in [9.17, 15) is 13.6 Å². The molecule has 1 unspecified atom stereocenters. The summed E-state index contributed by atoms with van der Waals surface area (Å²) < 4.78 is 29.5. The lowest BCUT2D eigenvalue weighted by Gasteiger charge is -2.32. The summed E-state index contributed by atoms with van der Waals surface area (Å²) in [5, 5.41) is 3.90. The second-order valence-corrected chi connectivity index (χ2v) is 12.3. The fourth-order valence-electron chi connectivity index (χ4n) is 5.10. The molecular weight excluding hydrogens is 615 g/mol. The third-order valence-electron chi connectivity index (χ3n) is 7.35. The Morgan fingerprint density at radius 2 is 1.70 bits per heavy atom. The van der Waals surface area contributed by atoms with Crippen molar-refractivity contribution in [3.63, 3.8) is 0 Å². The Kier molecular flexibility index (Phi) is 10.8. The average molecular weight is 649 g/mol. The van der Waals surface area contributed by atoms with Crippen LogP contribution in [0.15, 0.2) is 42.7 Å². The smallest absolute Gasteiger partial charge is 0.235 e. The van der Waals surface area contributed by atoms with Crippen molar-refractivity contribution in [2.75, 3.05) is 57.8 Å². The van der Waals surface area contributed by atoms with Crippen LogP contribution in [0, 0.1) is 0 Å². The van der Waals surface area contributed by atoms with Crippen molar-refractivity contribution in [1.82, 2.24) is 34.8 Å². The first-order chi connectivity index (χ1) is 20.7. The first kappa shape index (κ1) is 31.5. The molecule has 0 spiro atoms. The van der Waals surface area contributed by atoms with Crippen molar-refractivity contribution >= 4 is 46.3 Å². The Bertz CT molecular complexity index is 1410. The number of likely N-dealkylation sites (tertiary alicyclic amines) is 1. The lowest BCUT2D eigenvalue weighted by Crippen LogP contribution is -2.46. The zero-order valence-corrected chi connectivity index (χ0v) is 26.0. The van der Waals surface area contributed by atoms with Crippen LogP contribution in [0.3, 0.4) is 0 Å².